The number of nitro benzene ring substituents is 1. The third-order valence-corrected chi connectivity index (χ3v) is 3.75. The van der Waals surface area contributed by atoms with Crippen molar-refractivity contribution in [2.45, 2.75) is 40.2 Å². The van der Waals surface area contributed by atoms with Crippen molar-refractivity contribution in [1.29, 1.82) is 0 Å². The third-order valence-electron chi connectivity index (χ3n) is 3.75. The van der Waals surface area contributed by atoms with Gasteiger partial charge >= 0.3 is 6.03 Å². The van der Waals surface area contributed by atoms with Crippen molar-refractivity contribution in [1.82, 2.24) is 10.5 Å². The van der Waals surface area contributed by atoms with Gasteiger partial charge in [0, 0.05) is 23.7 Å². The summed E-state index contributed by atoms with van der Waals surface area (Å²) in [6.45, 7) is 7.32. The molecule has 0 bridgehead atoms. The number of nitrogens with zero attached hydrogens (tertiary/aromatic N) is 2. The predicted octanol–water partition coefficient (Wildman–Crippen LogP) is 3.26. The Bertz CT molecular complexity index is 750. The van der Waals surface area contributed by atoms with E-state index in [1.165, 1.54) is 12.1 Å². The lowest BCUT2D eigenvalue weighted by Gasteiger charge is -2.15. The van der Waals surface area contributed by atoms with Gasteiger partial charge in [-0.3, -0.25) is 10.1 Å². The van der Waals surface area contributed by atoms with Gasteiger partial charge in [0.2, 0.25) is 0 Å². The Morgan fingerprint density at radius 3 is 2.67 bits per heavy atom. The zero-order valence-corrected chi connectivity index (χ0v) is 14.0. The summed E-state index contributed by atoms with van der Waals surface area (Å²) in [5.74, 6) is 0.732. The maximum absolute atomic E-state index is 12.1. The molecule has 8 nitrogen and oxygen atoms in total. The number of aryl methyl sites for hydroxylation is 3. The molecular weight excluding hydrogens is 312 g/mol. The molecule has 2 rings (SSSR count). The minimum Gasteiger partial charge on any atom is -0.361 e. The van der Waals surface area contributed by atoms with Gasteiger partial charge in [0.05, 0.1) is 16.3 Å². The molecule has 2 N–H and O–H groups in total. The molecule has 0 saturated heterocycles. The van der Waals surface area contributed by atoms with Crippen LogP contribution in [0.1, 0.15) is 29.5 Å². The van der Waals surface area contributed by atoms with Crippen molar-refractivity contribution in [3.63, 3.8) is 0 Å². The minimum absolute atomic E-state index is 0.0698. The lowest BCUT2D eigenvalue weighted by molar-refractivity contribution is -0.384. The van der Waals surface area contributed by atoms with Gasteiger partial charge in [-0.2, -0.15) is 0 Å². The van der Waals surface area contributed by atoms with E-state index in [0.29, 0.717) is 12.1 Å². The molecule has 0 radical (unpaired) electrons. The fraction of sp³-hybridized carbons (Fsp3) is 0.375. The number of nitrogens with one attached hydrogen (secondary N) is 2. The molecule has 1 heterocycles. The van der Waals surface area contributed by atoms with E-state index in [-0.39, 0.29) is 11.7 Å². The monoisotopic (exact) mass is 332 g/mol. The van der Waals surface area contributed by atoms with E-state index in [0.717, 1.165) is 22.6 Å². The van der Waals surface area contributed by atoms with Crippen LogP contribution < -0.4 is 10.6 Å². The number of nitro groups is 1. The number of benzene rings is 1. The van der Waals surface area contributed by atoms with Crippen LogP contribution in [0, 0.1) is 30.9 Å². The van der Waals surface area contributed by atoms with Crippen LogP contribution in [0.15, 0.2) is 22.7 Å². The van der Waals surface area contributed by atoms with Gasteiger partial charge in [-0.25, -0.2) is 4.79 Å². The van der Waals surface area contributed by atoms with Gasteiger partial charge in [-0.15, -0.1) is 0 Å². The Kier molecular flexibility index (Phi) is 5.18. The Morgan fingerprint density at radius 2 is 2.08 bits per heavy atom. The normalized spacial score (nSPS) is 11.8. The van der Waals surface area contributed by atoms with E-state index in [1.54, 1.807) is 13.0 Å². The van der Waals surface area contributed by atoms with Gasteiger partial charge in [-0.1, -0.05) is 11.2 Å². The summed E-state index contributed by atoms with van der Waals surface area (Å²) in [5, 5.41) is 20.2. The van der Waals surface area contributed by atoms with Crippen molar-refractivity contribution < 1.29 is 14.2 Å². The molecule has 0 saturated carbocycles. The van der Waals surface area contributed by atoms with Crippen LogP contribution in [0.25, 0.3) is 0 Å². The first-order chi connectivity index (χ1) is 11.3. The first kappa shape index (κ1) is 17.5. The number of urea groups is 1. The van der Waals surface area contributed by atoms with Gasteiger partial charge in [-0.05, 0) is 39.7 Å². The van der Waals surface area contributed by atoms with Crippen LogP contribution >= 0.6 is 0 Å². The molecule has 0 aliphatic heterocycles. The van der Waals surface area contributed by atoms with E-state index in [1.807, 2.05) is 20.8 Å². The molecule has 1 aromatic carbocycles. The minimum atomic E-state index is -0.497. The number of hydrogen-bond acceptors (Lipinski definition) is 5. The third kappa shape index (κ3) is 4.09. The number of rotatable bonds is 5. The summed E-state index contributed by atoms with van der Waals surface area (Å²) >= 11 is 0. The molecule has 0 aliphatic carbocycles. The van der Waals surface area contributed by atoms with Gasteiger partial charge in [0.25, 0.3) is 5.69 Å². The molecule has 1 aromatic heterocycles. The zero-order chi connectivity index (χ0) is 17.9. The summed E-state index contributed by atoms with van der Waals surface area (Å²) in [5.41, 5.74) is 2.85. The molecule has 24 heavy (non-hydrogen) atoms. The smallest absolute Gasteiger partial charge is 0.319 e. The van der Waals surface area contributed by atoms with E-state index in [2.05, 4.69) is 15.8 Å². The Morgan fingerprint density at radius 1 is 1.38 bits per heavy atom. The topological polar surface area (TPSA) is 110 Å². The maximum Gasteiger partial charge on any atom is 0.319 e. The standard InChI is InChI=1S/C16H20N4O4/c1-9-5-6-13(20(22)23)8-15(9)18-16(21)17-10(2)7-14-11(3)19-24-12(14)4/h5-6,8,10H,7H2,1-4H3,(H2,17,18,21). The van der Waals surface area contributed by atoms with Crippen molar-refractivity contribution in [3.05, 3.63) is 50.9 Å². The Hall–Kier alpha value is -2.90. The first-order valence-corrected chi connectivity index (χ1v) is 7.52. The molecule has 8 heteroatoms. The summed E-state index contributed by atoms with van der Waals surface area (Å²) in [6, 6.07) is 3.77. The zero-order valence-electron chi connectivity index (χ0n) is 14.0. The van der Waals surface area contributed by atoms with E-state index in [4.69, 9.17) is 4.52 Å². The SMILES string of the molecule is Cc1ccc([N+](=O)[O-])cc1NC(=O)NC(C)Cc1c(C)noc1C. The van der Waals surface area contributed by atoms with Crippen LogP contribution in [0.5, 0.6) is 0 Å². The Balaban J connectivity index is 2.00. The summed E-state index contributed by atoms with van der Waals surface area (Å²) in [4.78, 5) is 22.5. The van der Waals surface area contributed by atoms with Crippen LogP contribution in [0.4, 0.5) is 16.2 Å². The van der Waals surface area contributed by atoms with Crippen molar-refractivity contribution in [2.75, 3.05) is 5.32 Å². The number of amides is 2. The van der Waals surface area contributed by atoms with Crippen LogP contribution in [0.3, 0.4) is 0 Å². The van der Waals surface area contributed by atoms with Crippen molar-refractivity contribution in [3.8, 4) is 0 Å². The molecule has 0 aliphatic rings. The van der Waals surface area contributed by atoms with Crippen LogP contribution in [-0.4, -0.2) is 22.2 Å². The highest BCUT2D eigenvalue weighted by Crippen LogP contribution is 2.21. The highest BCUT2D eigenvalue weighted by molar-refractivity contribution is 5.90. The predicted molar refractivity (Wildman–Crippen MR) is 89.1 cm³/mol. The summed E-state index contributed by atoms with van der Waals surface area (Å²) in [7, 11) is 0. The molecule has 128 valence electrons. The van der Waals surface area contributed by atoms with Crippen molar-refractivity contribution in [2.24, 2.45) is 0 Å². The molecule has 0 fully saturated rings. The molecule has 1 unspecified atom stereocenters. The number of anilines is 1. The molecule has 2 aromatic rings. The second-order valence-electron chi connectivity index (χ2n) is 5.76. The molecular formula is C16H20N4O4. The fourth-order valence-corrected chi connectivity index (χ4v) is 2.39. The number of carbonyl (C=O) groups is 1. The highest BCUT2D eigenvalue weighted by atomic mass is 16.6. The van der Waals surface area contributed by atoms with E-state index >= 15 is 0 Å². The van der Waals surface area contributed by atoms with E-state index < -0.39 is 11.0 Å². The lowest BCUT2D eigenvalue weighted by Crippen LogP contribution is -2.37. The molecule has 2 amide bonds. The number of aromatic nitrogens is 1. The summed E-state index contributed by atoms with van der Waals surface area (Å²) in [6.07, 6.45) is 0.586. The number of non-ortho nitro benzene ring substituents is 1. The molecule has 0 spiro atoms. The first-order valence-electron chi connectivity index (χ1n) is 7.52. The van der Waals surface area contributed by atoms with Crippen LogP contribution in [-0.2, 0) is 6.42 Å². The number of carbonyl (C=O) groups excluding carboxylic acids is 1. The van der Waals surface area contributed by atoms with Gasteiger partial charge < -0.3 is 15.2 Å². The second-order valence-corrected chi connectivity index (χ2v) is 5.76. The summed E-state index contributed by atoms with van der Waals surface area (Å²) < 4.78 is 5.11. The average molecular weight is 332 g/mol. The second kappa shape index (κ2) is 7.12. The average Bonchev–Trinajstić information content (AvgIpc) is 2.81. The van der Waals surface area contributed by atoms with Crippen LogP contribution in [0.2, 0.25) is 0 Å². The van der Waals surface area contributed by atoms with Crippen molar-refractivity contribution >= 4 is 17.4 Å². The fourth-order valence-electron chi connectivity index (χ4n) is 2.39. The quantitative estimate of drug-likeness (QED) is 0.645. The van der Waals surface area contributed by atoms with Gasteiger partial charge in [0.15, 0.2) is 0 Å². The highest BCUT2D eigenvalue weighted by Gasteiger charge is 2.16. The molecule has 1 atom stereocenters. The van der Waals surface area contributed by atoms with Gasteiger partial charge in [0.1, 0.15) is 5.76 Å². The lowest BCUT2D eigenvalue weighted by atomic mass is 10.1. The number of hydrogen-bond donors (Lipinski definition) is 2. The van der Waals surface area contributed by atoms with E-state index in [9.17, 15) is 14.9 Å². The maximum atomic E-state index is 12.1. The largest absolute Gasteiger partial charge is 0.361 e. The Labute approximate surface area is 139 Å².